The number of rotatable bonds is 1. The van der Waals surface area contributed by atoms with Gasteiger partial charge in [-0.1, -0.05) is 6.42 Å². The lowest BCUT2D eigenvalue weighted by atomic mass is 9.66. The molecule has 0 aromatic carbocycles. The van der Waals surface area contributed by atoms with Crippen molar-refractivity contribution in [2.45, 2.75) is 32.2 Å². The first-order valence-electron chi connectivity index (χ1n) is 3.38. The van der Waals surface area contributed by atoms with Crippen molar-refractivity contribution < 1.29 is 0 Å². The van der Waals surface area contributed by atoms with Crippen LogP contribution < -0.4 is 5.73 Å². The average molecular weight is 124 g/mol. The minimum Gasteiger partial charge on any atom is -0.327 e. The van der Waals surface area contributed by atoms with Crippen LogP contribution in [0.4, 0.5) is 0 Å². The second-order valence-electron chi connectivity index (χ2n) is 2.91. The second kappa shape index (κ2) is 2.00. The van der Waals surface area contributed by atoms with E-state index in [4.69, 9.17) is 11.0 Å². The molecule has 2 N–H and O–H groups in total. The molecule has 2 heteroatoms. The van der Waals surface area contributed by atoms with Gasteiger partial charge in [-0.25, -0.2) is 0 Å². The van der Waals surface area contributed by atoms with Crippen LogP contribution >= 0.6 is 0 Å². The number of hydrogen-bond donors (Lipinski definition) is 1. The van der Waals surface area contributed by atoms with Gasteiger partial charge in [-0.3, -0.25) is 0 Å². The second-order valence-corrected chi connectivity index (χ2v) is 2.91. The summed E-state index contributed by atoms with van der Waals surface area (Å²) in [7, 11) is 0. The fourth-order valence-corrected chi connectivity index (χ4v) is 1.23. The highest BCUT2D eigenvalue weighted by atomic mass is 14.7. The fourth-order valence-electron chi connectivity index (χ4n) is 1.23. The van der Waals surface area contributed by atoms with Gasteiger partial charge >= 0.3 is 0 Å². The van der Waals surface area contributed by atoms with E-state index in [9.17, 15) is 0 Å². The molecule has 0 aliphatic heterocycles. The van der Waals surface area contributed by atoms with E-state index in [-0.39, 0.29) is 11.5 Å². The molecular weight excluding hydrogens is 112 g/mol. The lowest BCUT2D eigenvalue weighted by molar-refractivity contribution is 0.178. The topological polar surface area (TPSA) is 49.8 Å². The largest absolute Gasteiger partial charge is 0.327 e. The van der Waals surface area contributed by atoms with Crippen LogP contribution in [0.25, 0.3) is 0 Å². The Labute approximate surface area is 55.7 Å². The SMILES string of the molecule is CC(N)C1(C#N)CCC1. The highest BCUT2D eigenvalue weighted by Gasteiger charge is 2.40. The van der Waals surface area contributed by atoms with Crippen molar-refractivity contribution in [3.8, 4) is 6.07 Å². The predicted molar refractivity (Wildman–Crippen MR) is 35.5 cm³/mol. The Morgan fingerprint density at radius 3 is 2.22 bits per heavy atom. The van der Waals surface area contributed by atoms with Crippen molar-refractivity contribution in [2.75, 3.05) is 0 Å². The molecule has 0 aromatic rings. The van der Waals surface area contributed by atoms with Gasteiger partial charge in [0.05, 0.1) is 11.5 Å². The van der Waals surface area contributed by atoms with Crippen LogP contribution in [0.15, 0.2) is 0 Å². The summed E-state index contributed by atoms with van der Waals surface area (Å²) in [5, 5.41) is 8.68. The maximum Gasteiger partial charge on any atom is 0.0721 e. The summed E-state index contributed by atoms with van der Waals surface area (Å²) in [6.07, 6.45) is 3.18. The highest BCUT2D eigenvalue weighted by Crippen LogP contribution is 2.42. The summed E-state index contributed by atoms with van der Waals surface area (Å²) in [4.78, 5) is 0. The smallest absolute Gasteiger partial charge is 0.0721 e. The first-order valence-corrected chi connectivity index (χ1v) is 3.38. The van der Waals surface area contributed by atoms with E-state index in [1.54, 1.807) is 0 Å². The van der Waals surface area contributed by atoms with Crippen LogP contribution in [0.1, 0.15) is 26.2 Å². The van der Waals surface area contributed by atoms with Gasteiger partial charge in [0.1, 0.15) is 0 Å². The zero-order valence-electron chi connectivity index (χ0n) is 5.72. The molecular formula is C7H12N2. The Bertz CT molecular complexity index is 139. The van der Waals surface area contributed by atoms with Crippen molar-refractivity contribution >= 4 is 0 Å². The van der Waals surface area contributed by atoms with Crippen molar-refractivity contribution in [2.24, 2.45) is 11.1 Å². The molecule has 1 atom stereocenters. The first-order chi connectivity index (χ1) is 4.21. The molecule has 1 unspecified atom stereocenters. The number of nitriles is 1. The predicted octanol–water partition coefficient (Wildman–Crippen LogP) is 1.03. The first kappa shape index (κ1) is 6.57. The van der Waals surface area contributed by atoms with Crippen LogP contribution in [0.2, 0.25) is 0 Å². The van der Waals surface area contributed by atoms with Crippen LogP contribution in [-0.4, -0.2) is 6.04 Å². The summed E-state index contributed by atoms with van der Waals surface area (Å²) >= 11 is 0. The molecule has 1 aliphatic rings. The Morgan fingerprint density at radius 2 is 2.22 bits per heavy atom. The van der Waals surface area contributed by atoms with Gasteiger partial charge in [0.2, 0.25) is 0 Å². The molecule has 0 bridgehead atoms. The fraction of sp³-hybridized carbons (Fsp3) is 0.857. The van der Waals surface area contributed by atoms with Crippen molar-refractivity contribution in [1.82, 2.24) is 0 Å². The summed E-state index contributed by atoms with van der Waals surface area (Å²) in [6.45, 7) is 1.92. The van der Waals surface area contributed by atoms with Crippen molar-refractivity contribution in [1.29, 1.82) is 5.26 Å². The minimum atomic E-state index is -0.153. The Morgan fingerprint density at radius 1 is 1.67 bits per heavy atom. The summed E-state index contributed by atoms with van der Waals surface area (Å²) in [6, 6.07) is 2.34. The molecule has 1 rings (SSSR count). The number of nitrogens with zero attached hydrogens (tertiary/aromatic N) is 1. The Hall–Kier alpha value is -0.550. The quantitative estimate of drug-likeness (QED) is 0.567. The molecule has 0 saturated heterocycles. The third-order valence-electron chi connectivity index (χ3n) is 2.34. The van der Waals surface area contributed by atoms with Gasteiger partial charge in [-0.05, 0) is 19.8 Å². The third kappa shape index (κ3) is 0.818. The number of nitrogens with two attached hydrogens (primary N) is 1. The summed E-state index contributed by atoms with van der Waals surface area (Å²) in [5.41, 5.74) is 5.47. The van der Waals surface area contributed by atoms with Crippen LogP contribution in [0, 0.1) is 16.7 Å². The average Bonchev–Trinajstić information content (AvgIpc) is 1.62. The molecule has 1 saturated carbocycles. The van der Waals surface area contributed by atoms with Gasteiger partial charge in [0, 0.05) is 6.04 Å². The van der Waals surface area contributed by atoms with E-state index in [2.05, 4.69) is 6.07 Å². The molecule has 0 spiro atoms. The molecule has 0 heterocycles. The normalized spacial score (nSPS) is 25.9. The number of hydrogen-bond acceptors (Lipinski definition) is 2. The van der Waals surface area contributed by atoms with Gasteiger partial charge in [-0.15, -0.1) is 0 Å². The maximum atomic E-state index is 8.68. The van der Waals surface area contributed by atoms with Crippen molar-refractivity contribution in [3.63, 3.8) is 0 Å². The molecule has 0 radical (unpaired) electrons. The van der Waals surface area contributed by atoms with Crippen molar-refractivity contribution in [3.05, 3.63) is 0 Å². The standard InChI is InChI=1S/C7H12N2/c1-6(9)7(5-8)3-2-4-7/h6H,2-4,9H2,1H3. The molecule has 0 amide bonds. The highest BCUT2D eigenvalue weighted by molar-refractivity contribution is 5.08. The van der Waals surface area contributed by atoms with Crippen LogP contribution in [-0.2, 0) is 0 Å². The van der Waals surface area contributed by atoms with E-state index in [1.807, 2.05) is 6.92 Å². The van der Waals surface area contributed by atoms with E-state index in [0.717, 1.165) is 12.8 Å². The van der Waals surface area contributed by atoms with E-state index >= 15 is 0 Å². The Kier molecular flexibility index (Phi) is 1.46. The minimum absolute atomic E-state index is 0.0521. The maximum absolute atomic E-state index is 8.68. The van der Waals surface area contributed by atoms with Crippen LogP contribution in [0.5, 0.6) is 0 Å². The van der Waals surface area contributed by atoms with E-state index in [0.29, 0.717) is 0 Å². The zero-order valence-corrected chi connectivity index (χ0v) is 5.72. The lowest BCUT2D eigenvalue weighted by Crippen LogP contribution is -2.43. The van der Waals surface area contributed by atoms with E-state index in [1.165, 1.54) is 6.42 Å². The molecule has 1 aliphatic carbocycles. The van der Waals surface area contributed by atoms with Gasteiger partial charge in [0.15, 0.2) is 0 Å². The summed E-state index contributed by atoms with van der Waals surface area (Å²) < 4.78 is 0. The molecule has 0 aromatic heterocycles. The molecule has 1 fully saturated rings. The van der Waals surface area contributed by atoms with Gasteiger partial charge in [-0.2, -0.15) is 5.26 Å². The third-order valence-corrected chi connectivity index (χ3v) is 2.34. The van der Waals surface area contributed by atoms with Gasteiger partial charge < -0.3 is 5.73 Å². The summed E-state index contributed by atoms with van der Waals surface area (Å²) in [5.74, 6) is 0. The monoisotopic (exact) mass is 124 g/mol. The molecule has 9 heavy (non-hydrogen) atoms. The Balaban J connectivity index is 2.60. The molecule has 2 nitrogen and oxygen atoms in total. The zero-order chi connectivity index (χ0) is 6.91. The lowest BCUT2D eigenvalue weighted by Gasteiger charge is -2.38. The van der Waals surface area contributed by atoms with E-state index < -0.39 is 0 Å². The van der Waals surface area contributed by atoms with Gasteiger partial charge in [0.25, 0.3) is 0 Å². The molecule has 50 valence electrons. The van der Waals surface area contributed by atoms with Crippen LogP contribution in [0.3, 0.4) is 0 Å².